The van der Waals surface area contributed by atoms with E-state index >= 15 is 0 Å². The topological polar surface area (TPSA) is 24.5 Å². The average Bonchev–Trinajstić information content (AvgIpc) is 2.51. The van der Waals surface area contributed by atoms with Crippen LogP contribution in [0.15, 0.2) is 30.3 Å². The highest BCUT2D eigenvalue weighted by Crippen LogP contribution is 2.35. The molecule has 2 fully saturated rings. The number of piperazine rings is 1. The van der Waals surface area contributed by atoms with Gasteiger partial charge in [0.25, 0.3) is 0 Å². The molecule has 2 saturated heterocycles. The predicted molar refractivity (Wildman–Crippen MR) is 77.2 cm³/mol. The van der Waals surface area contributed by atoms with Gasteiger partial charge in [0.15, 0.2) is 0 Å². The monoisotopic (exact) mass is 260 g/mol. The van der Waals surface area contributed by atoms with Crippen molar-refractivity contribution in [3.63, 3.8) is 0 Å². The van der Waals surface area contributed by atoms with Crippen LogP contribution in [-0.2, 0) is 4.74 Å². The molecule has 19 heavy (non-hydrogen) atoms. The first-order valence-electron chi connectivity index (χ1n) is 7.52. The molecular weight excluding hydrogens is 236 g/mol. The molecule has 3 rings (SSSR count). The molecule has 2 aliphatic heterocycles. The molecule has 0 bridgehead atoms. The van der Waals surface area contributed by atoms with Crippen LogP contribution >= 0.6 is 0 Å². The second kappa shape index (κ2) is 6.51. The van der Waals surface area contributed by atoms with Crippen molar-refractivity contribution in [1.82, 2.24) is 10.2 Å². The maximum atomic E-state index is 5.54. The summed E-state index contributed by atoms with van der Waals surface area (Å²) in [6.45, 7) is 6.42. The van der Waals surface area contributed by atoms with Gasteiger partial charge in [-0.25, -0.2) is 0 Å². The van der Waals surface area contributed by atoms with Gasteiger partial charge in [0.1, 0.15) is 0 Å². The molecule has 1 atom stereocenters. The third-order valence-corrected chi connectivity index (χ3v) is 4.40. The van der Waals surface area contributed by atoms with Crippen LogP contribution in [0.4, 0.5) is 0 Å². The lowest BCUT2D eigenvalue weighted by molar-refractivity contribution is 0.0213. The average molecular weight is 260 g/mol. The Hall–Kier alpha value is -0.900. The Morgan fingerprint density at radius 3 is 2.42 bits per heavy atom. The third-order valence-electron chi connectivity index (χ3n) is 4.40. The number of hydrogen-bond donors (Lipinski definition) is 1. The van der Waals surface area contributed by atoms with Crippen LogP contribution in [0.1, 0.15) is 24.4 Å². The molecule has 0 aliphatic carbocycles. The number of nitrogens with one attached hydrogen (secondary N) is 1. The lowest BCUT2D eigenvalue weighted by Gasteiger charge is -2.41. The lowest BCUT2D eigenvalue weighted by atomic mass is 9.85. The number of benzene rings is 1. The molecular formula is C16H24N2O. The molecule has 1 N–H and O–H groups in total. The number of nitrogens with zero attached hydrogens (tertiary/aromatic N) is 1. The molecule has 3 heteroatoms. The Kier molecular flexibility index (Phi) is 4.49. The van der Waals surface area contributed by atoms with Crippen molar-refractivity contribution in [1.29, 1.82) is 0 Å². The van der Waals surface area contributed by atoms with Crippen LogP contribution in [0.2, 0.25) is 0 Å². The highest BCUT2D eigenvalue weighted by atomic mass is 16.5. The normalized spacial score (nSPS) is 24.2. The first-order valence-corrected chi connectivity index (χ1v) is 7.52. The Morgan fingerprint density at radius 2 is 1.74 bits per heavy atom. The molecule has 1 aromatic rings. The first kappa shape index (κ1) is 13.1. The first-order chi connectivity index (χ1) is 9.45. The van der Waals surface area contributed by atoms with E-state index < -0.39 is 0 Å². The predicted octanol–water partition coefficient (Wildman–Crippen LogP) is 2.06. The van der Waals surface area contributed by atoms with E-state index in [4.69, 9.17) is 4.74 Å². The summed E-state index contributed by atoms with van der Waals surface area (Å²) >= 11 is 0. The van der Waals surface area contributed by atoms with Crippen LogP contribution in [0.25, 0.3) is 0 Å². The highest BCUT2D eigenvalue weighted by Gasteiger charge is 2.30. The van der Waals surface area contributed by atoms with Gasteiger partial charge in [0.05, 0.1) is 0 Å². The van der Waals surface area contributed by atoms with E-state index in [1.54, 1.807) is 0 Å². The molecule has 3 nitrogen and oxygen atoms in total. The van der Waals surface area contributed by atoms with E-state index in [0.717, 1.165) is 45.3 Å². The van der Waals surface area contributed by atoms with Crippen LogP contribution in [0.3, 0.4) is 0 Å². The van der Waals surface area contributed by atoms with Gasteiger partial charge in [-0.2, -0.15) is 0 Å². The summed E-state index contributed by atoms with van der Waals surface area (Å²) in [4.78, 5) is 2.67. The van der Waals surface area contributed by atoms with Crippen molar-refractivity contribution < 1.29 is 4.74 Å². The van der Waals surface area contributed by atoms with E-state index in [1.165, 1.54) is 18.4 Å². The van der Waals surface area contributed by atoms with E-state index in [1.807, 2.05) is 0 Å². The van der Waals surface area contributed by atoms with E-state index in [2.05, 4.69) is 40.5 Å². The Bertz CT molecular complexity index is 352. The lowest BCUT2D eigenvalue weighted by Crippen LogP contribution is -2.47. The van der Waals surface area contributed by atoms with Crippen molar-refractivity contribution >= 4 is 0 Å². The number of rotatable bonds is 3. The van der Waals surface area contributed by atoms with Crippen LogP contribution < -0.4 is 5.32 Å². The van der Waals surface area contributed by atoms with Gasteiger partial charge >= 0.3 is 0 Å². The van der Waals surface area contributed by atoms with E-state index in [-0.39, 0.29) is 0 Å². The summed E-state index contributed by atoms with van der Waals surface area (Å²) in [5.41, 5.74) is 1.48. The molecule has 0 saturated carbocycles. The maximum Gasteiger partial charge on any atom is 0.0469 e. The SMILES string of the molecule is c1ccc([C@H](C2CCOCC2)N2CCNCC2)cc1. The second-order valence-electron chi connectivity index (χ2n) is 5.59. The fraction of sp³-hybridized carbons (Fsp3) is 0.625. The minimum Gasteiger partial charge on any atom is -0.381 e. The van der Waals surface area contributed by atoms with E-state index in [9.17, 15) is 0 Å². The largest absolute Gasteiger partial charge is 0.381 e. The van der Waals surface area contributed by atoms with Crippen molar-refractivity contribution in [2.45, 2.75) is 18.9 Å². The third kappa shape index (κ3) is 3.16. The van der Waals surface area contributed by atoms with Gasteiger partial charge in [-0.1, -0.05) is 30.3 Å². The molecule has 1 aromatic carbocycles. The summed E-state index contributed by atoms with van der Waals surface area (Å²) in [6.07, 6.45) is 2.40. The van der Waals surface area contributed by atoms with Crippen molar-refractivity contribution in [2.75, 3.05) is 39.4 Å². The van der Waals surface area contributed by atoms with Crippen molar-refractivity contribution in [2.24, 2.45) is 5.92 Å². The summed E-state index contributed by atoms with van der Waals surface area (Å²) in [5.74, 6) is 0.745. The molecule has 104 valence electrons. The summed E-state index contributed by atoms with van der Waals surface area (Å²) in [5, 5.41) is 3.46. The summed E-state index contributed by atoms with van der Waals surface area (Å²) < 4.78 is 5.54. The number of ether oxygens (including phenoxy) is 1. The van der Waals surface area contributed by atoms with Crippen molar-refractivity contribution in [3.8, 4) is 0 Å². The molecule has 2 aliphatic rings. The molecule has 0 radical (unpaired) electrons. The zero-order chi connectivity index (χ0) is 12.9. The molecule has 0 spiro atoms. The second-order valence-corrected chi connectivity index (χ2v) is 5.59. The van der Waals surface area contributed by atoms with Gasteiger partial charge in [-0.3, -0.25) is 4.90 Å². The van der Waals surface area contributed by atoms with Gasteiger partial charge in [0.2, 0.25) is 0 Å². The highest BCUT2D eigenvalue weighted by molar-refractivity contribution is 5.20. The Balaban J connectivity index is 1.81. The van der Waals surface area contributed by atoms with Crippen LogP contribution in [0.5, 0.6) is 0 Å². The zero-order valence-corrected chi connectivity index (χ0v) is 11.6. The van der Waals surface area contributed by atoms with E-state index in [0.29, 0.717) is 6.04 Å². The number of hydrogen-bond acceptors (Lipinski definition) is 3. The fourth-order valence-electron chi connectivity index (χ4n) is 3.42. The van der Waals surface area contributed by atoms with Crippen molar-refractivity contribution in [3.05, 3.63) is 35.9 Å². The molecule has 0 aromatic heterocycles. The van der Waals surface area contributed by atoms with Crippen LogP contribution in [-0.4, -0.2) is 44.3 Å². The van der Waals surface area contributed by atoms with Gasteiger partial charge < -0.3 is 10.1 Å². The molecule has 0 amide bonds. The standard InChI is InChI=1S/C16H24N2O/c1-2-4-14(5-3-1)16(15-6-12-19-13-7-15)18-10-8-17-9-11-18/h1-5,15-17H,6-13H2/t16-/m1/s1. The molecule has 0 unspecified atom stereocenters. The Morgan fingerprint density at radius 1 is 1.05 bits per heavy atom. The van der Waals surface area contributed by atoms with Gasteiger partial charge in [-0.05, 0) is 24.3 Å². The van der Waals surface area contributed by atoms with Gasteiger partial charge in [-0.15, -0.1) is 0 Å². The van der Waals surface area contributed by atoms with Crippen LogP contribution in [0, 0.1) is 5.92 Å². The summed E-state index contributed by atoms with van der Waals surface area (Å²) in [6, 6.07) is 11.6. The smallest absolute Gasteiger partial charge is 0.0469 e. The zero-order valence-electron chi connectivity index (χ0n) is 11.6. The van der Waals surface area contributed by atoms with Gasteiger partial charge in [0, 0.05) is 45.4 Å². The Labute approximate surface area is 115 Å². The summed E-state index contributed by atoms with van der Waals surface area (Å²) in [7, 11) is 0. The minimum atomic E-state index is 0.576. The maximum absolute atomic E-state index is 5.54. The molecule has 2 heterocycles. The fourth-order valence-corrected chi connectivity index (χ4v) is 3.42. The quantitative estimate of drug-likeness (QED) is 0.900. The minimum absolute atomic E-state index is 0.576.